The molecule has 0 aliphatic rings. The van der Waals surface area contributed by atoms with E-state index in [0.29, 0.717) is 0 Å². The molecule has 0 unspecified atom stereocenters. The Balaban J connectivity index is 2.00. The van der Waals surface area contributed by atoms with Crippen LogP contribution >= 0.6 is 23.2 Å². The summed E-state index contributed by atoms with van der Waals surface area (Å²) < 4.78 is 4.98. The van der Waals surface area contributed by atoms with Gasteiger partial charge < -0.3 is 10.1 Å². The minimum absolute atomic E-state index is 0.0739. The summed E-state index contributed by atoms with van der Waals surface area (Å²) in [6, 6.07) is 6.58. The van der Waals surface area contributed by atoms with Gasteiger partial charge in [0.1, 0.15) is 10.3 Å². The molecule has 1 heterocycles. The number of benzene rings is 1. The predicted octanol–water partition coefficient (Wildman–Crippen LogP) is 4.11. The number of esters is 1. The first-order chi connectivity index (χ1) is 11.3. The molecule has 1 N–H and O–H groups in total. The summed E-state index contributed by atoms with van der Waals surface area (Å²) in [7, 11) is 0. The first-order valence-electron chi connectivity index (χ1n) is 7.14. The second-order valence-corrected chi connectivity index (χ2v) is 6.17. The average Bonchev–Trinajstić information content (AvgIpc) is 2.47. The van der Waals surface area contributed by atoms with Gasteiger partial charge in [0.15, 0.2) is 6.61 Å². The SMILES string of the molecule is Cc1cc(C)c(NC(=O)COC(=O)c2cc(Cl)nc(Cl)c2)c(C)c1. The number of aromatic nitrogens is 1. The number of carbonyl (C=O) groups is 2. The van der Waals surface area contributed by atoms with E-state index in [1.54, 1.807) is 0 Å². The van der Waals surface area contributed by atoms with Crippen molar-refractivity contribution in [1.82, 2.24) is 4.98 Å². The zero-order valence-corrected chi connectivity index (χ0v) is 15.0. The van der Waals surface area contributed by atoms with Gasteiger partial charge in [-0.25, -0.2) is 9.78 Å². The number of hydrogen-bond acceptors (Lipinski definition) is 4. The predicted molar refractivity (Wildman–Crippen MR) is 93.8 cm³/mol. The zero-order valence-electron chi connectivity index (χ0n) is 13.4. The van der Waals surface area contributed by atoms with Crippen molar-refractivity contribution in [3.8, 4) is 0 Å². The monoisotopic (exact) mass is 366 g/mol. The Hall–Kier alpha value is -2.11. The number of aryl methyl sites for hydroxylation is 3. The highest BCUT2D eigenvalue weighted by Gasteiger charge is 2.14. The molecule has 2 aromatic rings. The summed E-state index contributed by atoms with van der Waals surface area (Å²) in [5, 5.41) is 2.90. The maximum Gasteiger partial charge on any atom is 0.338 e. The van der Waals surface area contributed by atoms with Gasteiger partial charge >= 0.3 is 5.97 Å². The molecule has 1 amide bonds. The van der Waals surface area contributed by atoms with Crippen LogP contribution in [-0.4, -0.2) is 23.5 Å². The van der Waals surface area contributed by atoms with Crippen molar-refractivity contribution in [1.29, 1.82) is 0 Å². The number of pyridine rings is 1. The summed E-state index contributed by atoms with van der Waals surface area (Å²) in [6.45, 7) is 5.38. The third-order valence-electron chi connectivity index (χ3n) is 3.27. The maximum absolute atomic E-state index is 12.0. The lowest BCUT2D eigenvalue weighted by Gasteiger charge is -2.13. The van der Waals surface area contributed by atoms with Gasteiger partial charge in [-0.1, -0.05) is 40.9 Å². The molecule has 7 heteroatoms. The Morgan fingerprint density at radius 2 is 1.58 bits per heavy atom. The minimum Gasteiger partial charge on any atom is -0.452 e. The van der Waals surface area contributed by atoms with Gasteiger partial charge in [0.05, 0.1) is 5.56 Å². The van der Waals surface area contributed by atoms with Crippen LogP contribution in [0.3, 0.4) is 0 Å². The van der Waals surface area contributed by atoms with Crippen molar-refractivity contribution in [3.05, 3.63) is 56.8 Å². The average molecular weight is 367 g/mol. The Morgan fingerprint density at radius 3 is 2.12 bits per heavy atom. The van der Waals surface area contributed by atoms with Crippen LogP contribution in [-0.2, 0) is 9.53 Å². The van der Waals surface area contributed by atoms with Crippen LogP contribution < -0.4 is 5.32 Å². The normalized spacial score (nSPS) is 10.4. The van der Waals surface area contributed by atoms with Crippen LogP contribution in [0, 0.1) is 20.8 Å². The highest BCUT2D eigenvalue weighted by molar-refractivity contribution is 6.32. The summed E-state index contributed by atoms with van der Waals surface area (Å²) >= 11 is 11.5. The molecule has 0 aliphatic heterocycles. The molecule has 0 saturated heterocycles. The minimum atomic E-state index is -0.700. The summed E-state index contributed by atoms with van der Waals surface area (Å²) in [5.74, 6) is -1.13. The van der Waals surface area contributed by atoms with Crippen LogP contribution in [0.25, 0.3) is 0 Å². The largest absolute Gasteiger partial charge is 0.452 e. The number of halogens is 2. The number of hydrogen-bond donors (Lipinski definition) is 1. The molecule has 0 atom stereocenters. The first kappa shape index (κ1) is 18.2. The van der Waals surface area contributed by atoms with Gasteiger partial charge in [0.2, 0.25) is 0 Å². The van der Waals surface area contributed by atoms with Crippen LogP contribution in [0.4, 0.5) is 5.69 Å². The Bertz CT molecular complexity index is 763. The second-order valence-electron chi connectivity index (χ2n) is 5.40. The molecule has 0 bridgehead atoms. The van der Waals surface area contributed by atoms with Crippen molar-refractivity contribution in [2.75, 3.05) is 11.9 Å². The molecular formula is C17H16Cl2N2O3. The van der Waals surface area contributed by atoms with Crippen LogP contribution in [0.5, 0.6) is 0 Å². The second kappa shape index (κ2) is 7.64. The fourth-order valence-corrected chi connectivity index (χ4v) is 2.81. The van der Waals surface area contributed by atoms with Crippen molar-refractivity contribution in [3.63, 3.8) is 0 Å². The fourth-order valence-electron chi connectivity index (χ4n) is 2.35. The van der Waals surface area contributed by atoms with E-state index in [2.05, 4.69) is 10.3 Å². The molecule has 5 nitrogen and oxygen atoms in total. The smallest absolute Gasteiger partial charge is 0.338 e. The van der Waals surface area contributed by atoms with Crippen molar-refractivity contribution < 1.29 is 14.3 Å². The third kappa shape index (κ3) is 4.69. The van der Waals surface area contributed by atoms with E-state index in [1.165, 1.54) is 12.1 Å². The first-order valence-corrected chi connectivity index (χ1v) is 7.90. The van der Waals surface area contributed by atoms with E-state index >= 15 is 0 Å². The summed E-state index contributed by atoms with van der Waals surface area (Å²) in [4.78, 5) is 27.7. The maximum atomic E-state index is 12.0. The Morgan fingerprint density at radius 1 is 1.04 bits per heavy atom. The number of rotatable bonds is 4. The standard InChI is InChI=1S/C17H16Cl2N2O3/c1-9-4-10(2)16(11(3)5-9)21-15(22)8-24-17(23)12-6-13(18)20-14(19)7-12/h4-7H,8H2,1-3H3,(H,21,22). The van der Waals surface area contributed by atoms with E-state index in [9.17, 15) is 9.59 Å². The number of amides is 1. The van der Waals surface area contributed by atoms with E-state index in [0.717, 1.165) is 22.4 Å². The number of nitrogens with zero attached hydrogens (tertiary/aromatic N) is 1. The summed E-state index contributed by atoms with van der Waals surface area (Å²) in [5.41, 5.74) is 3.85. The molecule has 2 rings (SSSR count). The molecule has 1 aromatic heterocycles. The third-order valence-corrected chi connectivity index (χ3v) is 3.66. The van der Waals surface area contributed by atoms with Crippen LogP contribution in [0.15, 0.2) is 24.3 Å². The van der Waals surface area contributed by atoms with Gasteiger partial charge in [-0.05, 0) is 44.0 Å². The van der Waals surface area contributed by atoms with Gasteiger partial charge in [-0.15, -0.1) is 0 Å². The lowest BCUT2D eigenvalue weighted by Crippen LogP contribution is -2.22. The Labute approximate surface area is 149 Å². The molecule has 0 spiro atoms. The molecule has 0 aliphatic carbocycles. The molecule has 0 saturated carbocycles. The van der Waals surface area contributed by atoms with Crippen molar-refractivity contribution in [2.45, 2.75) is 20.8 Å². The molecule has 0 radical (unpaired) electrons. The number of anilines is 1. The van der Waals surface area contributed by atoms with E-state index in [1.807, 2.05) is 32.9 Å². The van der Waals surface area contributed by atoms with Crippen LogP contribution in [0.1, 0.15) is 27.0 Å². The van der Waals surface area contributed by atoms with Gasteiger partial charge in [-0.2, -0.15) is 0 Å². The van der Waals surface area contributed by atoms with E-state index in [4.69, 9.17) is 27.9 Å². The Kier molecular flexibility index (Phi) is 5.80. The molecule has 24 heavy (non-hydrogen) atoms. The molecular weight excluding hydrogens is 351 g/mol. The van der Waals surface area contributed by atoms with Crippen molar-refractivity contribution >= 4 is 40.8 Å². The number of ether oxygens (including phenoxy) is 1. The lowest BCUT2D eigenvalue weighted by atomic mass is 10.1. The van der Waals surface area contributed by atoms with Gasteiger partial charge in [-0.3, -0.25) is 4.79 Å². The summed E-state index contributed by atoms with van der Waals surface area (Å²) in [6.07, 6.45) is 0. The van der Waals surface area contributed by atoms with Crippen LogP contribution in [0.2, 0.25) is 10.3 Å². The zero-order chi connectivity index (χ0) is 17.9. The molecule has 126 valence electrons. The quantitative estimate of drug-likeness (QED) is 0.652. The molecule has 1 aromatic carbocycles. The van der Waals surface area contributed by atoms with Gasteiger partial charge in [0.25, 0.3) is 5.91 Å². The lowest BCUT2D eigenvalue weighted by molar-refractivity contribution is -0.119. The number of carbonyl (C=O) groups excluding carboxylic acids is 2. The highest BCUT2D eigenvalue weighted by atomic mass is 35.5. The van der Waals surface area contributed by atoms with E-state index < -0.39 is 18.5 Å². The van der Waals surface area contributed by atoms with E-state index in [-0.39, 0.29) is 15.9 Å². The highest BCUT2D eigenvalue weighted by Crippen LogP contribution is 2.22. The fraction of sp³-hybridized carbons (Fsp3) is 0.235. The van der Waals surface area contributed by atoms with Gasteiger partial charge in [0, 0.05) is 5.69 Å². The van der Waals surface area contributed by atoms with Crippen molar-refractivity contribution in [2.24, 2.45) is 0 Å². The number of nitrogens with one attached hydrogen (secondary N) is 1. The topological polar surface area (TPSA) is 68.3 Å². The molecule has 0 fully saturated rings.